The first-order valence-electron chi connectivity index (χ1n) is 11.7. The lowest BCUT2D eigenvalue weighted by Crippen LogP contribution is -2.36. The highest BCUT2D eigenvalue weighted by atomic mass is 19.1. The Morgan fingerprint density at radius 2 is 2.03 bits per heavy atom. The van der Waals surface area contributed by atoms with Crippen LogP contribution >= 0.6 is 0 Å². The van der Waals surface area contributed by atoms with Gasteiger partial charge in [-0.15, -0.1) is 6.58 Å². The molecule has 34 heavy (non-hydrogen) atoms. The van der Waals surface area contributed by atoms with Gasteiger partial charge < -0.3 is 14.6 Å². The molecule has 1 N–H and O–H groups in total. The second-order valence-electron chi connectivity index (χ2n) is 8.80. The molecular weight excluding hydrogens is 433 g/mol. The van der Waals surface area contributed by atoms with Gasteiger partial charge in [-0.05, 0) is 30.9 Å². The fourth-order valence-electron chi connectivity index (χ4n) is 4.02. The van der Waals surface area contributed by atoms with Crippen LogP contribution in [0.3, 0.4) is 0 Å². The summed E-state index contributed by atoms with van der Waals surface area (Å²) >= 11 is 0. The minimum atomic E-state index is -0.622. The summed E-state index contributed by atoms with van der Waals surface area (Å²) in [6.45, 7) is 6.19. The Balaban J connectivity index is 1.64. The quantitative estimate of drug-likeness (QED) is 0.290. The van der Waals surface area contributed by atoms with Crippen molar-refractivity contribution in [1.29, 1.82) is 0 Å². The fraction of sp³-hybridized carbons (Fsp3) is 0.370. The molecule has 3 aromatic rings. The largest absolute Gasteiger partial charge is 0.439 e. The number of aliphatic hydroxyl groups excluding tert-OH is 1. The van der Waals surface area contributed by atoms with E-state index in [1.54, 1.807) is 22.9 Å². The van der Waals surface area contributed by atoms with E-state index in [1.807, 2.05) is 37.4 Å². The molecule has 4 rings (SSSR count). The maximum absolute atomic E-state index is 13.8. The number of ether oxygens (including phenoxy) is 2. The summed E-state index contributed by atoms with van der Waals surface area (Å²) in [5, 5.41) is 15.3. The molecule has 0 unspecified atom stereocenters. The zero-order chi connectivity index (χ0) is 23.9. The second kappa shape index (κ2) is 11.4. The van der Waals surface area contributed by atoms with Crippen LogP contribution in [0.5, 0.6) is 11.6 Å². The summed E-state index contributed by atoms with van der Waals surface area (Å²) in [4.78, 5) is 2.24. The van der Waals surface area contributed by atoms with E-state index in [2.05, 4.69) is 11.5 Å². The molecule has 0 aliphatic heterocycles. The van der Waals surface area contributed by atoms with Crippen LogP contribution in [0.4, 0.5) is 4.39 Å². The van der Waals surface area contributed by atoms with Crippen molar-refractivity contribution in [2.45, 2.75) is 25.5 Å². The van der Waals surface area contributed by atoms with Crippen molar-refractivity contribution in [3.63, 3.8) is 0 Å². The second-order valence-corrected chi connectivity index (χ2v) is 8.80. The van der Waals surface area contributed by atoms with Gasteiger partial charge in [0.2, 0.25) is 5.88 Å². The highest BCUT2D eigenvalue weighted by Crippen LogP contribution is 2.36. The number of benzene rings is 2. The monoisotopic (exact) mass is 465 g/mol. The Bertz CT molecular complexity index is 1080. The summed E-state index contributed by atoms with van der Waals surface area (Å²) in [6, 6.07) is 16.0. The summed E-state index contributed by atoms with van der Waals surface area (Å²) in [5.41, 5.74) is 2.69. The van der Waals surface area contributed by atoms with Gasteiger partial charge in [-0.3, -0.25) is 4.90 Å². The van der Waals surface area contributed by atoms with E-state index >= 15 is 0 Å². The van der Waals surface area contributed by atoms with Crippen LogP contribution in [-0.2, 0) is 18.3 Å². The number of aromatic nitrogens is 2. The number of aryl methyl sites for hydroxylation is 1. The molecule has 180 valence electrons. The van der Waals surface area contributed by atoms with Gasteiger partial charge in [-0.1, -0.05) is 42.5 Å². The molecule has 1 heterocycles. The molecule has 1 aromatic heterocycles. The lowest BCUT2D eigenvalue weighted by atomic mass is 10.1. The van der Waals surface area contributed by atoms with Gasteiger partial charge in [0.1, 0.15) is 17.3 Å². The van der Waals surface area contributed by atoms with Gasteiger partial charge >= 0.3 is 0 Å². The van der Waals surface area contributed by atoms with Gasteiger partial charge in [-0.2, -0.15) is 5.10 Å². The number of aliphatic hydroxyl groups is 1. The number of rotatable bonds is 13. The van der Waals surface area contributed by atoms with E-state index in [9.17, 15) is 9.50 Å². The van der Waals surface area contributed by atoms with Crippen LogP contribution in [0.2, 0.25) is 0 Å². The Hall–Kier alpha value is -3.00. The molecule has 2 aromatic carbocycles. The average Bonchev–Trinajstić information content (AvgIpc) is 3.59. The van der Waals surface area contributed by atoms with Crippen molar-refractivity contribution in [2.75, 3.05) is 26.3 Å². The topological polar surface area (TPSA) is 59.8 Å². The smallest absolute Gasteiger partial charge is 0.222 e. The highest BCUT2D eigenvalue weighted by molar-refractivity contribution is 5.65. The van der Waals surface area contributed by atoms with Gasteiger partial charge in [-0.25, -0.2) is 9.07 Å². The van der Waals surface area contributed by atoms with E-state index in [0.29, 0.717) is 37.2 Å². The van der Waals surface area contributed by atoms with Gasteiger partial charge in [0.25, 0.3) is 0 Å². The normalized spacial score (nSPS) is 14.4. The molecule has 1 aliphatic carbocycles. The third kappa shape index (κ3) is 6.53. The van der Waals surface area contributed by atoms with Crippen molar-refractivity contribution in [1.82, 2.24) is 14.7 Å². The lowest BCUT2D eigenvalue weighted by Gasteiger charge is -2.25. The Kier molecular flexibility index (Phi) is 8.11. The highest BCUT2D eigenvalue weighted by Gasteiger charge is 2.28. The van der Waals surface area contributed by atoms with Crippen molar-refractivity contribution in [3.05, 3.63) is 78.6 Å². The first kappa shape index (κ1) is 24.1. The predicted molar refractivity (Wildman–Crippen MR) is 130 cm³/mol. The van der Waals surface area contributed by atoms with Gasteiger partial charge in [0.05, 0.1) is 24.9 Å². The number of hydrogen-bond donors (Lipinski definition) is 1. The van der Waals surface area contributed by atoms with Crippen molar-refractivity contribution in [3.8, 4) is 22.9 Å². The predicted octanol–water partition coefficient (Wildman–Crippen LogP) is 4.79. The van der Waals surface area contributed by atoms with Crippen molar-refractivity contribution in [2.24, 2.45) is 13.0 Å². The Morgan fingerprint density at radius 3 is 2.74 bits per heavy atom. The Labute approximate surface area is 200 Å². The Morgan fingerprint density at radius 1 is 1.24 bits per heavy atom. The number of halogens is 1. The molecule has 1 aliphatic rings. The third-order valence-electron chi connectivity index (χ3n) is 5.76. The van der Waals surface area contributed by atoms with E-state index in [-0.39, 0.29) is 12.4 Å². The van der Waals surface area contributed by atoms with E-state index in [4.69, 9.17) is 14.6 Å². The average molecular weight is 466 g/mol. The number of hydrogen-bond acceptors (Lipinski definition) is 5. The minimum absolute atomic E-state index is 0.248. The molecular formula is C27H32FN3O3. The molecule has 1 saturated carbocycles. The summed E-state index contributed by atoms with van der Waals surface area (Å²) in [5.74, 6) is 1.24. The molecule has 1 fully saturated rings. The van der Waals surface area contributed by atoms with Crippen LogP contribution in [0.25, 0.3) is 11.3 Å². The fourth-order valence-corrected chi connectivity index (χ4v) is 4.02. The molecule has 1 atom stereocenters. The molecule has 0 amide bonds. The maximum Gasteiger partial charge on any atom is 0.222 e. The van der Waals surface area contributed by atoms with Crippen LogP contribution in [0.15, 0.2) is 67.3 Å². The maximum atomic E-state index is 13.8. The van der Waals surface area contributed by atoms with Crippen LogP contribution in [0.1, 0.15) is 18.4 Å². The summed E-state index contributed by atoms with van der Waals surface area (Å²) in [7, 11) is 1.83. The lowest BCUT2D eigenvalue weighted by molar-refractivity contribution is 0.0235. The van der Waals surface area contributed by atoms with Crippen molar-refractivity contribution < 1.29 is 19.0 Å². The molecule has 0 spiro atoms. The van der Waals surface area contributed by atoms with E-state index in [1.165, 1.54) is 25.0 Å². The third-order valence-corrected chi connectivity index (χ3v) is 5.76. The summed E-state index contributed by atoms with van der Waals surface area (Å²) in [6.07, 6.45) is 3.45. The SMILES string of the molecule is C=CCOC[C@@H](O)CN(Cc1c(-c2ccccc2)nn(C)c1Oc1cccc(F)c1)CC1CC1. The van der Waals surface area contributed by atoms with Crippen LogP contribution in [-0.4, -0.2) is 52.2 Å². The molecule has 0 saturated heterocycles. The zero-order valence-electron chi connectivity index (χ0n) is 19.6. The van der Waals surface area contributed by atoms with Crippen LogP contribution in [0, 0.1) is 11.7 Å². The van der Waals surface area contributed by atoms with E-state index in [0.717, 1.165) is 23.4 Å². The number of nitrogens with zero attached hydrogens (tertiary/aromatic N) is 3. The summed E-state index contributed by atoms with van der Waals surface area (Å²) < 4.78 is 27.1. The molecule has 0 radical (unpaired) electrons. The molecule has 0 bridgehead atoms. The van der Waals surface area contributed by atoms with Crippen molar-refractivity contribution >= 4 is 0 Å². The van der Waals surface area contributed by atoms with Crippen LogP contribution < -0.4 is 4.74 Å². The van der Waals surface area contributed by atoms with Gasteiger partial charge in [0, 0.05) is 38.3 Å². The molecule has 7 heteroatoms. The van der Waals surface area contributed by atoms with Gasteiger partial charge in [0.15, 0.2) is 0 Å². The molecule has 6 nitrogen and oxygen atoms in total. The minimum Gasteiger partial charge on any atom is -0.439 e. The first-order valence-corrected chi connectivity index (χ1v) is 11.7. The first-order chi connectivity index (χ1) is 16.5. The van der Waals surface area contributed by atoms with E-state index < -0.39 is 6.10 Å². The zero-order valence-corrected chi connectivity index (χ0v) is 19.6. The standard InChI is InChI=1S/C27H32FN3O3/c1-3-14-33-19-23(32)17-31(16-20-12-13-20)18-25-26(21-8-5-4-6-9-21)29-30(2)27(25)34-24-11-7-10-22(28)15-24/h3-11,15,20,23,32H,1,12-14,16-19H2,2H3/t23-/m0/s1.